The van der Waals surface area contributed by atoms with Gasteiger partial charge >= 0.3 is 0 Å². The number of aromatic hydroxyl groups is 1. The van der Waals surface area contributed by atoms with Crippen LogP contribution in [-0.2, 0) is 6.42 Å². The first kappa shape index (κ1) is 15.2. The van der Waals surface area contributed by atoms with E-state index in [0.717, 1.165) is 22.8 Å². The second kappa shape index (κ2) is 7.07. The Morgan fingerprint density at radius 3 is 2.74 bits per heavy atom. The van der Waals surface area contributed by atoms with E-state index >= 15 is 0 Å². The lowest BCUT2D eigenvalue weighted by Gasteiger charge is -2.05. The maximum absolute atomic E-state index is 9.97. The highest BCUT2D eigenvalue weighted by molar-refractivity contribution is 7.13. The molecule has 0 radical (unpaired) electrons. The molecule has 2 N–H and O–H groups in total. The first-order chi connectivity index (χ1) is 11.2. The van der Waals surface area contributed by atoms with E-state index < -0.39 is 0 Å². The third-order valence-electron chi connectivity index (χ3n) is 3.33. The van der Waals surface area contributed by atoms with Gasteiger partial charge in [0, 0.05) is 10.9 Å². The van der Waals surface area contributed by atoms with Crippen molar-refractivity contribution in [2.45, 2.75) is 13.3 Å². The molecule has 0 aliphatic carbocycles. The maximum atomic E-state index is 9.97. The van der Waals surface area contributed by atoms with Crippen molar-refractivity contribution >= 4 is 22.7 Å². The van der Waals surface area contributed by atoms with Crippen molar-refractivity contribution in [3.05, 3.63) is 76.3 Å². The predicted molar refractivity (Wildman–Crippen MR) is 95.4 cm³/mol. The van der Waals surface area contributed by atoms with E-state index in [9.17, 15) is 5.11 Å². The molecule has 3 aromatic rings. The fraction of sp³-hybridized carbons (Fsp3) is 0.111. The van der Waals surface area contributed by atoms with Gasteiger partial charge < -0.3 is 5.11 Å². The van der Waals surface area contributed by atoms with Gasteiger partial charge in [-0.1, -0.05) is 36.4 Å². The Morgan fingerprint density at radius 2 is 2.00 bits per heavy atom. The lowest BCUT2D eigenvalue weighted by Crippen LogP contribution is -1.93. The first-order valence-corrected chi connectivity index (χ1v) is 8.16. The largest absolute Gasteiger partial charge is 0.507 e. The normalized spacial score (nSPS) is 11.0. The number of rotatable bonds is 5. The molecule has 0 aliphatic rings. The van der Waals surface area contributed by atoms with Crippen LogP contribution in [0.4, 0.5) is 5.13 Å². The molecule has 0 aliphatic heterocycles. The number of hydrogen-bond acceptors (Lipinski definition) is 5. The number of hydrazone groups is 1. The number of phenolic OH excluding ortho intramolecular Hbond substituents is 1. The molecule has 1 heterocycles. The second-order valence-corrected chi connectivity index (χ2v) is 6.08. The minimum absolute atomic E-state index is 0.211. The molecule has 23 heavy (non-hydrogen) atoms. The van der Waals surface area contributed by atoms with Gasteiger partial charge in [-0.05, 0) is 36.6 Å². The zero-order chi connectivity index (χ0) is 16.1. The van der Waals surface area contributed by atoms with Gasteiger partial charge in [0.15, 0.2) is 0 Å². The molecule has 0 spiro atoms. The summed E-state index contributed by atoms with van der Waals surface area (Å²) in [5.41, 5.74) is 6.87. The van der Waals surface area contributed by atoms with Crippen LogP contribution in [0.1, 0.15) is 22.4 Å². The van der Waals surface area contributed by atoms with Crippen molar-refractivity contribution in [2.24, 2.45) is 5.10 Å². The van der Waals surface area contributed by atoms with E-state index in [1.807, 2.05) is 42.6 Å². The fourth-order valence-electron chi connectivity index (χ4n) is 2.21. The molecule has 0 saturated carbocycles. The number of hydrogen-bond donors (Lipinski definition) is 2. The van der Waals surface area contributed by atoms with Crippen LogP contribution >= 0.6 is 11.3 Å². The average Bonchev–Trinajstić information content (AvgIpc) is 2.97. The van der Waals surface area contributed by atoms with Gasteiger partial charge in [-0.2, -0.15) is 5.10 Å². The molecule has 3 rings (SSSR count). The number of nitrogens with zero attached hydrogens (tertiary/aromatic N) is 2. The number of anilines is 1. The number of aryl methyl sites for hydroxylation is 1. The summed E-state index contributed by atoms with van der Waals surface area (Å²) in [6, 6.07) is 15.8. The van der Waals surface area contributed by atoms with Crippen LogP contribution in [0.15, 0.2) is 59.0 Å². The van der Waals surface area contributed by atoms with Crippen LogP contribution in [0.2, 0.25) is 0 Å². The first-order valence-electron chi connectivity index (χ1n) is 7.28. The summed E-state index contributed by atoms with van der Waals surface area (Å²) in [5.74, 6) is 0.211. The van der Waals surface area contributed by atoms with Crippen molar-refractivity contribution in [2.75, 3.05) is 5.43 Å². The number of thiazole rings is 1. The average molecular weight is 323 g/mol. The molecule has 0 unspecified atom stereocenters. The highest BCUT2D eigenvalue weighted by Gasteiger charge is 2.02. The molecule has 2 aromatic carbocycles. The van der Waals surface area contributed by atoms with Gasteiger partial charge in [0.25, 0.3) is 0 Å². The minimum atomic E-state index is 0.211. The molecule has 116 valence electrons. The fourth-order valence-corrected chi connectivity index (χ4v) is 2.85. The Balaban J connectivity index is 1.72. The van der Waals surface area contributed by atoms with Gasteiger partial charge in [0.1, 0.15) is 5.75 Å². The topological polar surface area (TPSA) is 57.5 Å². The minimum Gasteiger partial charge on any atom is -0.507 e. The molecule has 0 bridgehead atoms. The number of benzene rings is 2. The molecular formula is C18H17N3OS. The molecule has 4 nitrogen and oxygen atoms in total. The van der Waals surface area contributed by atoms with E-state index in [2.05, 4.69) is 27.6 Å². The Morgan fingerprint density at radius 1 is 1.17 bits per heavy atom. The maximum Gasteiger partial charge on any atom is 0.203 e. The second-order valence-electron chi connectivity index (χ2n) is 5.22. The zero-order valence-electron chi connectivity index (χ0n) is 12.7. The van der Waals surface area contributed by atoms with Crippen molar-refractivity contribution in [3.63, 3.8) is 0 Å². The predicted octanol–water partition coefficient (Wildman–Crippen LogP) is 4.19. The Hall–Kier alpha value is -2.66. The summed E-state index contributed by atoms with van der Waals surface area (Å²) in [5, 5.41) is 16.8. The summed E-state index contributed by atoms with van der Waals surface area (Å²) in [7, 11) is 0. The molecule has 0 saturated heterocycles. The summed E-state index contributed by atoms with van der Waals surface area (Å²) < 4.78 is 0. The molecule has 0 amide bonds. The third kappa shape index (κ3) is 4.17. The lowest BCUT2D eigenvalue weighted by molar-refractivity contribution is 0.474. The Labute approximate surface area is 139 Å². The zero-order valence-corrected chi connectivity index (χ0v) is 13.5. The number of aromatic nitrogens is 1. The summed E-state index contributed by atoms with van der Waals surface area (Å²) in [4.78, 5) is 4.27. The molecule has 5 heteroatoms. The molecule has 0 atom stereocenters. The van der Waals surface area contributed by atoms with Crippen LogP contribution in [0, 0.1) is 6.92 Å². The third-order valence-corrected chi connectivity index (χ3v) is 4.19. The van der Waals surface area contributed by atoms with Gasteiger partial charge in [-0.25, -0.2) is 4.98 Å². The van der Waals surface area contributed by atoms with Crippen molar-refractivity contribution in [1.29, 1.82) is 0 Å². The lowest BCUT2D eigenvalue weighted by atomic mass is 10.0. The van der Waals surface area contributed by atoms with E-state index in [0.29, 0.717) is 5.56 Å². The van der Waals surface area contributed by atoms with Gasteiger partial charge in [0.2, 0.25) is 5.13 Å². The number of phenols is 1. The molecular weight excluding hydrogens is 306 g/mol. The quantitative estimate of drug-likeness (QED) is 0.546. The van der Waals surface area contributed by atoms with Crippen molar-refractivity contribution in [3.8, 4) is 5.75 Å². The molecule has 1 aromatic heterocycles. The summed E-state index contributed by atoms with van der Waals surface area (Å²) in [6.45, 7) is 1.93. The summed E-state index contributed by atoms with van der Waals surface area (Å²) in [6.07, 6.45) is 2.43. The highest BCUT2D eigenvalue weighted by Crippen LogP contribution is 2.19. The van der Waals surface area contributed by atoms with Gasteiger partial charge in [0.05, 0.1) is 11.9 Å². The van der Waals surface area contributed by atoms with Gasteiger partial charge in [-0.15, -0.1) is 11.3 Å². The van der Waals surface area contributed by atoms with E-state index in [1.165, 1.54) is 16.9 Å². The van der Waals surface area contributed by atoms with E-state index in [1.54, 1.807) is 12.3 Å². The highest BCUT2D eigenvalue weighted by atomic mass is 32.1. The van der Waals surface area contributed by atoms with Crippen molar-refractivity contribution in [1.82, 2.24) is 4.98 Å². The number of nitrogens with one attached hydrogen (secondary N) is 1. The van der Waals surface area contributed by atoms with E-state index in [4.69, 9.17) is 0 Å². The molecule has 0 fully saturated rings. The SMILES string of the molecule is Cc1csc(NN=Cc2cc(Cc3ccccc3)ccc2O)n1. The van der Waals surface area contributed by atoms with Crippen LogP contribution < -0.4 is 5.43 Å². The van der Waals surface area contributed by atoms with Crippen LogP contribution in [0.25, 0.3) is 0 Å². The van der Waals surface area contributed by atoms with Gasteiger partial charge in [-0.3, -0.25) is 5.43 Å². The smallest absolute Gasteiger partial charge is 0.203 e. The Kier molecular flexibility index (Phi) is 4.68. The van der Waals surface area contributed by atoms with E-state index in [-0.39, 0.29) is 5.75 Å². The standard InChI is InChI=1S/C18H17N3OS/c1-13-12-23-18(20-13)21-19-11-16-10-15(7-8-17(16)22)9-14-5-3-2-4-6-14/h2-8,10-12,22H,9H2,1H3,(H,20,21). The van der Waals surface area contributed by atoms with Crippen LogP contribution in [0.3, 0.4) is 0 Å². The summed E-state index contributed by atoms with van der Waals surface area (Å²) >= 11 is 1.50. The van der Waals surface area contributed by atoms with Crippen molar-refractivity contribution < 1.29 is 5.11 Å². The van der Waals surface area contributed by atoms with Crippen LogP contribution in [0.5, 0.6) is 5.75 Å². The van der Waals surface area contributed by atoms with Crippen LogP contribution in [-0.4, -0.2) is 16.3 Å². The Bertz CT molecular complexity index is 812. The monoisotopic (exact) mass is 323 g/mol.